The predicted octanol–water partition coefficient (Wildman–Crippen LogP) is 3.95. The monoisotopic (exact) mass is 443 g/mol. The smallest absolute Gasteiger partial charge is 0.337 e. The number of ether oxygens (including phenoxy) is 1. The second-order valence-corrected chi connectivity index (χ2v) is 8.08. The first kappa shape index (κ1) is 20.0. The Kier molecular flexibility index (Phi) is 5.16. The van der Waals surface area contributed by atoms with Gasteiger partial charge in [0, 0.05) is 41.8 Å². The van der Waals surface area contributed by atoms with Crippen LogP contribution in [0.15, 0.2) is 77.2 Å². The second kappa shape index (κ2) is 8.27. The maximum Gasteiger partial charge on any atom is 0.337 e. The summed E-state index contributed by atoms with van der Waals surface area (Å²) in [6.45, 7) is 0.480. The van der Waals surface area contributed by atoms with Gasteiger partial charge in [-0.25, -0.2) is 19.7 Å². The van der Waals surface area contributed by atoms with Crippen LogP contribution >= 0.6 is 11.8 Å². The third kappa shape index (κ3) is 3.74. The van der Waals surface area contributed by atoms with Gasteiger partial charge in [0.05, 0.1) is 18.4 Å². The molecule has 2 aromatic carbocycles. The van der Waals surface area contributed by atoms with Crippen LogP contribution in [0, 0.1) is 0 Å². The van der Waals surface area contributed by atoms with E-state index in [4.69, 9.17) is 4.74 Å². The number of esters is 1. The molecule has 8 nitrogen and oxygen atoms in total. The Morgan fingerprint density at radius 1 is 1.00 bits per heavy atom. The lowest BCUT2D eigenvalue weighted by Crippen LogP contribution is -2.13. The number of rotatable bonds is 5. The molecule has 5 rings (SSSR count). The summed E-state index contributed by atoms with van der Waals surface area (Å²) in [5.41, 5.74) is 2.80. The quantitative estimate of drug-likeness (QED) is 0.322. The van der Waals surface area contributed by atoms with Crippen molar-refractivity contribution in [3.8, 4) is 0 Å². The first-order valence-corrected chi connectivity index (χ1v) is 10.6. The zero-order valence-electron chi connectivity index (χ0n) is 17.0. The topological polar surface area (TPSA) is 99.0 Å². The minimum absolute atomic E-state index is 0.220. The highest BCUT2D eigenvalue weighted by Gasteiger charge is 2.19. The summed E-state index contributed by atoms with van der Waals surface area (Å²) < 4.78 is 6.51. The molecule has 3 heterocycles. The van der Waals surface area contributed by atoms with E-state index in [0.717, 1.165) is 27.0 Å². The number of methoxy groups -OCH3 is 1. The number of imidazole rings is 1. The van der Waals surface area contributed by atoms with Crippen LogP contribution in [0.3, 0.4) is 0 Å². The Bertz CT molecular complexity index is 1330. The maximum absolute atomic E-state index is 13.0. The van der Waals surface area contributed by atoms with Crippen LogP contribution in [0.2, 0.25) is 0 Å². The molecule has 1 aliphatic heterocycles. The minimum Gasteiger partial charge on any atom is -0.465 e. The van der Waals surface area contributed by atoms with Gasteiger partial charge in [-0.3, -0.25) is 4.79 Å². The summed E-state index contributed by atoms with van der Waals surface area (Å²) in [7, 11) is 1.32. The van der Waals surface area contributed by atoms with Gasteiger partial charge in [0.1, 0.15) is 5.03 Å². The summed E-state index contributed by atoms with van der Waals surface area (Å²) in [6.07, 6.45) is 6.71. The van der Waals surface area contributed by atoms with E-state index in [-0.39, 0.29) is 5.78 Å². The zero-order chi connectivity index (χ0) is 22.1. The summed E-state index contributed by atoms with van der Waals surface area (Å²) in [5, 5.41) is 4.16. The number of carbonyl (C=O) groups excluding carboxylic acids is 2. The molecular weight excluding hydrogens is 426 g/mol. The fourth-order valence-electron chi connectivity index (χ4n) is 3.43. The first-order valence-electron chi connectivity index (χ1n) is 9.75. The first-order chi connectivity index (χ1) is 15.6. The maximum atomic E-state index is 13.0. The number of nitrogens with zero attached hydrogens (tertiary/aromatic N) is 4. The van der Waals surface area contributed by atoms with E-state index < -0.39 is 5.97 Å². The van der Waals surface area contributed by atoms with Crippen molar-refractivity contribution in [2.45, 2.75) is 16.5 Å². The lowest BCUT2D eigenvalue weighted by atomic mass is 10.1. The molecule has 0 saturated heterocycles. The third-order valence-corrected chi connectivity index (χ3v) is 6.08. The number of anilines is 2. The van der Waals surface area contributed by atoms with E-state index >= 15 is 0 Å². The van der Waals surface area contributed by atoms with Gasteiger partial charge in [-0.05, 0) is 29.8 Å². The summed E-state index contributed by atoms with van der Waals surface area (Å²) in [5.74, 6) is 0.392. The van der Waals surface area contributed by atoms with E-state index in [1.807, 2.05) is 22.8 Å². The van der Waals surface area contributed by atoms with Crippen LogP contribution in [0.5, 0.6) is 0 Å². The summed E-state index contributed by atoms with van der Waals surface area (Å²) in [4.78, 5) is 38.6. The van der Waals surface area contributed by atoms with Crippen LogP contribution in [0.1, 0.15) is 32.1 Å². The van der Waals surface area contributed by atoms with Crippen LogP contribution in [0.25, 0.3) is 0 Å². The lowest BCUT2D eigenvalue weighted by Gasteiger charge is -2.19. The Hall–Kier alpha value is -3.98. The third-order valence-electron chi connectivity index (χ3n) is 5.01. The fourth-order valence-corrected chi connectivity index (χ4v) is 4.30. The van der Waals surface area contributed by atoms with Gasteiger partial charge in [0.15, 0.2) is 11.6 Å². The largest absolute Gasteiger partial charge is 0.465 e. The highest BCUT2D eigenvalue weighted by molar-refractivity contribution is 7.99. The van der Waals surface area contributed by atoms with Crippen molar-refractivity contribution in [1.29, 1.82) is 0 Å². The normalized spacial score (nSPS) is 11.8. The number of fused-ring (bicyclic) bond motifs is 2. The number of nitrogens with one attached hydrogen (secondary N) is 1. The van der Waals surface area contributed by atoms with Crippen molar-refractivity contribution in [2.75, 3.05) is 12.4 Å². The van der Waals surface area contributed by atoms with Crippen molar-refractivity contribution in [3.63, 3.8) is 0 Å². The van der Waals surface area contributed by atoms with E-state index in [1.165, 1.54) is 7.11 Å². The molecule has 0 unspecified atom stereocenters. The standard InChI is InChI=1S/C23H17N5O3S/c1-31-23(30)16-5-3-15(4-6-16)19(29)21-25-10-11-28(21)13-14-2-7-18-17(12-14)27-20-22(32-18)26-9-8-24-20/h2-12H,13H2,1H3,(H,24,27). The van der Waals surface area contributed by atoms with Crippen LogP contribution < -0.4 is 5.32 Å². The van der Waals surface area contributed by atoms with Crippen LogP contribution in [-0.2, 0) is 11.3 Å². The molecule has 0 spiro atoms. The molecule has 0 bridgehead atoms. The molecule has 0 saturated carbocycles. The molecule has 0 atom stereocenters. The SMILES string of the molecule is COC(=O)c1ccc(C(=O)c2nccn2Cc2ccc3c(c2)Nc2nccnc2S3)cc1. The van der Waals surface area contributed by atoms with Crippen LogP contribution in [-0.4, -0.2) is 38.4 Å². The molecule has 1 aliphatic rings. The number of hydrogen-bond donors (Lipinski definition) is 1. The van der Waals surface area contributed by atoms with Gasteiger partial charge < -0.3 is 14.6 Å². The van der Waals surface area contributed by atoms with Crippen molar-refractivity contribution < 1.29 is 14.3 Å². The van der Waals surface area contributed by atoms with E-state index in [1.54, 1.807) is 60.8 Å². The zero-order valence-corrected chi connectivity index (χ0v) is 17.8. The van der Waals surface area contributed by atoms with Crippen molar-refractivity contribution in [3.05, 3.63) is 89.8 Å². The molecule has 158 valence electrons. The molecule has 0 aliphatic carbocycles. The van der Waals surface area contributed by atoms with Crippen molar-refractivity contribution >= 4 is 35.0 Å². The predicted molar refractivity (Wildman–Crippen MR) is 118 cm³/mol. The molecule has 32 heavy (non-hydrogen) atoms. The van der Waals surface area contributed by atoms with Gasteiger partial charge in [-0.2, -0.15) is 0 Å². The van der Waals surface area contributed by atoms with Crippen LogP contribution in [0.4, 0.5) is 11.5 Å². The van der Waals surface area contributed by atoms with E-state index in [2.05, 4.69) is 20.3 Å². The number of carbonyl (C=O) groups is 2. The number of benzene rings is 2. The van der Waals surface area contributed by atoms with Gasteiger partial charge in [0.2, 0.25) is 5.78 Å². The number of ketones is 1. The highest BCUT2D eigenvalue weighted by atomic mass is 32.2. The highest BCUT2D eigenvalue weighted by Crippen LogP contribution is 2.42. The van der Waals surface area contributed by atoms with E-state index in [0.29, 0.717) is 23.5 Å². The van der Waals surface area contributed by atoms with Gasteiger partial charge in [0.25, 0.3) is 0 Å². The Labute approximate surface area is 187 Å². The second-order valence-electron chi connectivity index (χ2n) is 7.04. The average molecular weight is 443 g/mol. The summed E-state index contributed by atoms with van der Waals surface area (Å²) in [6, 6.07) is 12.4. The molecule has 9 heteroatoms. The van der Waals surface area contributed by atoms with Gasteiger partial charge in [-0.1, -0.05) is 30.0 Å². The fraction of sp³-hybridized carbons (Fsp3) is 0.0870. The van der Waals surface area contributed by atoms with Crippen molar-refractivity contribution in [1.82, 2.24) is 19.5 Å². The molecule has 4 aromatic rings. The lowest BCUT2D eigenvalue weighted by molar-refractivity contribution is 0.0600. The molecule has 0 fully saturated rings. The summed E-state index contributed by atoms with van der Waals surface area (Å²) >= 11 is 1.57. The Balaban J connectivity index is 1.37. The molecule has 0 radical (unpaired) electrons. The van der Waals surface area contributed by atoms with Gasteiger partial charge in [-0.15, -0.1) is 0 Å². The molecular formula is C23H17N5O3S. The Morgan fingerprint density at radius 2 is 1.78 bits per heavy atom. The van der Waals surface area contributed by atoms with Gasteiger partial charge >= 0.3 is 5.97 Å². The molecule has 1 N–H and O–H groups in total. The van der Waals surface area contributed by atoms with E-state index in [9.17, 15) is 9.59 Å². The van der Waals surface area contributed by atoms with Crippen molar-refractivity contribution in [2.24, 2.45) is 0 Å². The Morgan fingerprint density at radius 3 is 2.59 bits per heavy atom. The molecule has 0 amide bonds. The minimum atomic E-state index is -0.446. The molecule has 2 aromatic heterocycles. The average Bonchev–Trinajstić information content (AvgIpc) is 3.29. The number of aromatic nitrogens is 4. The number of hydrogen-bond acceptors (Lipinski definition) is 8.